The first-order valence-electron chi connectivity index (χ1n) is 4.50. The Bertz CT molecular complexity index is 196. The normalized spacial score (nSPS) is 11.6. The minimum Gasteiger partial charge on any atom is -0.465 e. The van der Waals surface area contributed by atoms with Crippen LogP contribution in [0.3, 0.4) is 0 Å². The fourth-order valence-electron chi connectivity index (χ4n) is 0.861. The number of hydrogen-bond acceptors (Lipinski definition) is 3. The number of nitrogens with one attached hydrogen (secondary N) is 2. The zero-order valence-corrected chi connectivity index (χ0v) is 8.37. The van der Waals surface area contributed by atoms with Gasteiger partial charge in [-0.15, -0.1) is 0 Å². The van der Waals surface area contributed by atoms with E-state index in [-0.39, 0.29) is 12.6 Å². The van der Waals surface area contributed by atoms with E-state index >= 15 is 0 Å². The Morgan fingerprint density at radius 1 is 1.43 bits per heavy atom. The van der Waals surface area contributed by atoms with Crippen molar-refractivity contribution in [2.24, 2.45) is 0 Å². The number of carbonyl (C=O) groups is 2. The maximum Gasteiger partial charge on any atom is 0.407 e. The quantitative estimate of drug-likeness (QED) is 0.617. The fraction of sp³-hybridized carbons (Fsp3) is 0.750. The standard InChI is InChI=1S/C8H16N2O4/c1-3-6(10-7(11)12)5-9-8(13)14-4-2/h6,10H,3-5H2,1-2H3,(H,9,13)(H,11,12). The minimum atomic E-state index is -1.09. The van der Waals surface area contributed by atoms with Gasteiger partial charge < -0.3 is 20.5 Å². The molecule has 3 N–H and O–H groups in total. The highest BCUT2D eigenvalue weighted by Crippen LogP contribution is 1.89. The molecule has 1 unspecified atom stereocenters. The van der Waals surface area contributed by atoms with E-state index in [9.17, 15) is 9.59 Å². The predicted octanol–water partition coefficient (Wildman–Crippen LogP) is 0.779. The lowest BCUT2D eigenvalue weighted by molar-refractivity contribution is 0.150. The second-order valence-electron chi connectivity index (χ2n) is 2.66. The molecule has 1 atom stereocenters. The summed E-state index contributed by atoms with van der Waals surface area (Å²) in [6.07, 6.45) is -1.01. The molecule has 0 heterocycles. The van der Waals surface area contributed by atoms with Gasteiger partial charge in [0.15, 0.2) is 0 Å². The van der Waals surface area contributed by atoms with Crippen LogP contribution in [0.5, 0.6) is 0 Å². The summed E-state index contributed by atoms with van der Waals surface area (Å²) in [5.41, 5.74) is 0. The van der Waals surface area contributed by atoms with Gasteiger partial charge in [-0.3, -0.25) is 0 Å². The van der Waals surface area contributed by atoms with Crippen LogP contribution < -0.4 is 10.6 Å². The third-order valence-electron chi connectivity index (χ3n) is 1.59. The summed E-state index contributed by atoms with van der Waals surface area (Å²) >= 11 is 0. The maximum absolute atomic E-state index is 10.8. The van der Waals surface area contributed by atoms with Crippen LogP contribution in [0.15, 0.2) is 0 Å². The van der Waals surface area contributed by atoms with Crippen molar-refractivity contribution in [3.05, 3.63) is 0 Å². The number of amides is 2. The molecule has 6 nitrogen and oxygen atoms in total. The Kier molecular flexibility index (Phi) is 6.26. The van der Waals surface area contributed by atoms with Crippen LogP contribution in [0.25, 0.3) is 0 Å². The summed E-state index contributed by atoms with van der Waals surface area (Å²) in [5.74, 6) is 0. The van der Waals surface area contributed by atoms with E-state index in [2.05, 4.69) is 15.4 Å². The molecular weight excluding hydrogens is 188 g/mol. The number of carboxylic acid groups (broad SMARTS) is 1. The van der Waals surface area contributed by atoms with Gasteiger partial charge in [0.1, 0.15) is 0 Å². The van der Waals surface area contributed by atoms with Gasteiger partial charge in [0.2, 0.25) is 0 Å². The summed E-state index contributed by atoms with van der Waals surface area (Å²) in [4.78, 5) is 21.1. The number of ether oxygens (including phenoxy) is 1. The molecule has 82 valence electrons. The third-order valence-corrected chi connectivity index (χ3v) is 1.59. The summed E-state index contributed by atoms with van der Waals surface area (Å²) in [6.45, 7) is 4.07. The van der Waals surface area contributed by atoms with Crippen molar-refractivity contribution in [3.8, 4) is 0 Å². The van der Waals surface area contributed by atoms with E-state index in [1.165, 1.54) is 0 Å². The average molecular weight is 204 g/mol. The van der Waals surface area contributed by atoms with Gasteiger partial charge in [-0.1, -0.05) is 6.92 Å². The van der Waals surface area contributed by atoms with E-state index in [1.807, 2.05) is 6.92 Å². The van der Waals surface area contributed by atoms with Gasteiger partial charge in [-0.2, -0.15) is 0 Å². The molecule has 0 rings (SSSR count). The fourth-order valence-corrected chi connectivity index (χ4v) is 0.861. The van der Waals surface area contributed by atoms with Crippen LogP contribution in [0, 0.1) is 0 Å². The van der Waals surface area contributed by atoms with Crippen molar-refractivity contribution in [3.63, 3.8) is 0 Å². The van der Waals surface area contributed by atoms with Crippen molar-refractivity contribution in [1.29, 1.82) is 0 Å². The van der Waals surface area contributed by atoms with Crippen LogP contribution in [0.2, 0.25) is 0 Å². The molecule has 14 heavy (non-hydrogen) atoms. The highest BCUT2D eigenvalue weighted by atomic mass is 16.5. The number of carbonyl (C=O) groups excluding carboxylic acids is 1. The summed E-state index contributed by atoms with van der Waals surface area (Å²) in [6, 6.07) is -0.281. The van der Waals surface area contributed by atoms with E-state index < -0.39 is 12.2 Å². The predicted molar refractivity (Wildman–Crippen MR) is 50.3 cm³/mol. The molecule has 0 aliphatic heterocycles. The van der Waals surface area contributed by atoms with E-state index in [4.69, 9.17) is 5.11 Å². The van der Waals surface area contributed by atoms with E-state index in [0.29, 0.717) is 13.0 Å². The van der Waals surface area contributed by atoms with E-state index in [0.717, 1.165) is 0 Å². The second-order valence-corrected chi connectivity index (χ2v) is 2.66. The van der Waals surface area contributed by atoms with E-state index in [1.54, 1.807) is 6.92 Å². The van der Waals surface area contributed by atoms with Crippen molar-refractivity contribution >= 4 is 12.2 Å². The van der Waals surface area contributed by atoms with Crippen LogP contribution in [-0.4, -0.2) is 36.5 Å². The first-order valence-corrected chi connectivity index (χ1v) is 4.50. The maximum atomic E-state index is 10.8. The molecule has 0 radical (unpaired) electrons. The molecule has 0 fully saturated rings. The first-order chi connectivity index (χ1) is 6.60. The first kappa shape index (κ1) is 12.5. The van der Waals surface area contributed by atoms with Gasteiger partial charge in [0.25, 0.3) is 0 Å². The monoisotopic (exact) mass is 204 g/mol. The molecule has 0 aromatic rings. The lowest BCUT2D eigenvalue weighted by Crippen LogP contribution is -2.42. The Balaban J connectivity index is 3.71. The van der Waals surface area contributed by atoms with Crippen molar-refractivity contribution < 1.29 is 19.4 Å². The summed E-state index contributed by atoms with van der Waals surface area (Å²) in [5, 5.41) is 13.2. The van der Waals surface area contributed by atoms with Crippen LogP contribution >= 0.6 is 0 Å². The zero-order chi connectivity index (χ0) is 11.0. The molecule has 0 bridgehead atoms. The Morgan fingerprint density at radius 2 is 2.07 bits per heavy atom. The van der Waals surface area contributed by atoms with Crippen molar-refractivity contribution in [2.45, 2.75) is 26.3 Å². The molecule has 0 saturated carbocycles. The van der Waals surface area contributed by atoms with Gasteiger partial charge >= 0.3 is 12.2 Å². The molecule has 0 aliphatic rings. The van der Waals surface area contributed by atoms with Gasteiger partial charge in [-0.25, -0.2) is 9.59 Å². The van der Waals surface area contributed by atoms with Gasteiger partial charge in [0, 0.05) is 12.6 Å². The number of alkyl carbamates (subject to hydrolysis) is 1. The molecular formula is C8H16N2O4. The van der Waals surface area contributed by atoms with Crippen LogP contribution in [-0.2, 0) is 4.74 Å². The number of hydrogen-bond donors (Lipinski definition) is 3. The Labute approximate surface area is 82.6 Å². The van der Waals surface area contributed by atoms with Crippen molar-refractivity contribution in [1.82, 2.24) is 10.6 Å². The average Bonchev–Trinajstić information content (AvgIpc) is 2.12. The lowest BCUT2D eigenvalue weighted by Gasteiger charge is -2.14. The highest BCUT2D eigenvalue weighted by molar-refractivity contribution is 5.67. The topological polar surface area (TPSA) is 87.7 Å². The van der Waals surface area contributed by atoms with Gasteiger partial charge in [0.05, 0.1) is 6.61 Å². The molecule has 0 aliphatic carbocycles. The molecule has 0 aromatic carbocycles. The van der Waals surface area contributed by atoms with Crippen molar-refractivity contribution in [2.75, 3.05) is 13.2 Å². The molecule has 0 aromatic heterocycles. The largest absolute Gasteiger partial charge is 0.465 e. The second kappa shape index (κ2) is 6.99. The number of rotatable bonds is 5. The molecule has 6 heteroatoms. The lowest BCUT2D eigenvalue weighted by atomic mass is 10.2. The SMILES string of the molecule is CCOC(=O)NCC(CC)NC(=O)O. The minimum absolute atomic E-state index is 0.238. The Hall–Kier alpha value is -1.46. The third kappa shape index (κ3) is 6.10. The Morgan fingerprint density at radius 3 is 2.50 bits per heavy atom. The van der Waals surface area contributed by atoms with Gasteiger partial charge in [-0.05, 0) is 13.3 Å². The molecule has 0 spiro atoms. The van der Waals surface area contributed by atoms with Crippen LogP contribution in [0.1, 0.15) is 20.3 Å². The summed E-state index contributed by atoms with van der Waals surface area (Å²) in [7, 11) is 0. The zero-order valence-electron chi connectivity index (χ0n) is 8.37. The molecule has 2 amide bonds. The smallest absolute Gasteiger partial charge is 0.407 e. The summed E-state index contributed by atoms with van der Waals surface area (Å²) < 4.78 is 4.62. The van der Waals surface area contributed by atoms with Crippen LogP contribution in [0.4, 0.5) is 9.59 Å². The highest BCUT2D eigenvalue weighted by Gasteiger charge is 2.10. The molecule has 0 saturated heterocycles.